The maximum Gasteiger partial charge on any atom is 0.617 e. The molecule has 21 nitrogen and oxygen atoms in total. The third-order valence-corrected chi connectivity index (χ3v) is 19.2. The molecule has 7 rings (SSSR count). The van der Waals surface area contributed by atoms with E-state index in [1.807, 2.05) is 0 Å². The van der Waals surface area contributed by atoms with E-state index in [4.69, 9.17) is 60.1 Å². The number of rotatable bonds is 24. The Kier molecular flexibility index (Phi) is 19.9. The summed E-state index contributed by atoms with van der Waals surface area (Å²) in [5, 5.41) is 0. The second-order valence-electron chi connectivity index (χ2n) is 18.1. The number of hydrogen-bond donors (Lipinski definition) is 2. The Morgan fingerprint density at radius 1 is 0.333 bits per heavy atom. The van der Waals surface area contributed by atoms with E-state index >= 15 is 0 Å². The van der Waals surface area contributed by atoms with E-state index in [0.29, 0.717) is 0 Å². The number of hydrogen-bond acceptors (Lipinski definition) is 21. The summed E-state index contributed by atoms with van der Waals surface area (Å²) in [7, 11) is -15.1. The van der Waals surface area contributed by atoms with E-state index in [-0.39, 0.29) is 102 Å². The number of nitrogens with zero attached hydrogens (tertiary/aromatic N) is 1. The predicted octanol–water partition coefficient (Wildman–Crippen LogP) is 13.8. The van der Waals surface area contributed by atoms with Crippen molar-refractivity contribution in [3.63, 3.8) is 0 Å². The van der Waals surface area contributed by atoms with E-state index in [9.17, 15) is 28.8 Å². The van der Waals surface area contributed by atoms with Crippen LogP contribution in [0.15, 0.2) is 223 Å². The number of esters is 6. The molecule has 2 N–H and O–H groups in total. The van der Waals surface area contributed by atoms with Crippen LogP contribution in [0.5, 0.6) is 69.0 Å². The first-order chi connectivity index (χ1) is 39.9. The van der Waals surface area contributed by atoms with E-state index in [1.165, 1.54) is 187 Å². The second-order valence-corrected chi connectivity index (χ2v) is 24.7. The standard InChI is InChI=1S/C60H56N3O18P3/c1-37(2)55(64)70-43-25-13-19-31-49(43)76-82(77-50-32-20-14-26-44(50)71-56(65)38(3)4)61-83(78-51-33-21-15-27-45(51)72-57(66)39(5)6,79-52-34-22-16-28-46(52)73-58(67)40(7)8)63-84(62-82,80-53-35-23-17-29-47(53)74-59(68)41(9)10)81-54-36-24-18-30-48(54)75-60(69)42(11)12/h13-36,61-62H,1,3,5,7,9,11H2,2,4,6,8,10,12H3/q+2. The van der Waals surface area contributed by atoms with Gasteiger partial charge in [0.15, 0.2) is 46.0 Å². The predicted molar refractivity (Wildman–Crippen MR) is 315 cm³/mol. The number of nitrogens with one attached hydrogen (secondary N) is 2. The highest BCUT2D eigenvalue weighted by Crippen LogP contribution is 2.81. The fourth-order valence-corrected chi connectivity index (χ4v) is 16.5. The molecule has 6 aromatic carbocycles. The highest BCUT2D eigenvalue weighted by Gasteiger charge is 2.76. The largest absolute Gasteiger partial charge is 0.617 e. The van der Waals surface area contributed by atoms with Crippen molar-refractivity contribution in [1.82, 2.24) is 9.72 Å². The average molecular weight is 1200 g/mol. The zero-order valence-electron chi connectivity index (χ0n) is 46.2. The van der Waals surface area contributed by atoms with Gasteiger partial charge in [-0.05, 0) is 114 Å². The molecule has 1 aliphatic heterocycles. The van der Waals surface area contributed by atoms with Crippen LogP contribution in [0.3, 0.4) is 0 Å². The van der Waals surface area contributed by atoms with Crippen LogP contribution in [0.1, 0.15) is 41.5 Å². The molecule has 0 aliphatic carbocycles. The van der Waals surface area contributed by atoms with Crippen molar-refractivity contribution in [2.75, 3.05) is 0 Å². The number of carbonyl (C=O) groups excluding carboxylic acids is 6. The quantitative estimate of drug-likeness (QED) is 0.0247. The maximum atomic E-state index is 13.4. The third-order valence-electron chi connectivity index (χ3n) is 10.5. The monoisotopic (exact) mass is 1200 g/mol. The zero-order chi connectivity index (χ0) is 60.9. The van der Waals surface area contributed by atoms with Crippen molar-refractivity contribution in [1.29, 1.82) is 0 Å². The Labute approximate surface area is 485 Å². The molecule has 0 saturated heterocycles. The maximum absolute atomic E-state index is 13.4. The summed E-state index contributed by atoms with van der Waals surface area (Å²) >= 11 is 0. The van der Waals surface area contributed by atoms with Gasteiger partial charge in [0.25, 0.3) is 0 Å². The third kappa shape index (κ3) is 15.9. The molecule has 0 unspecified atom stereocenters. The second kappa shape index (κ2) is 27.0. The minimum atomic E-state index is -5.05. The Morgan fingerprint density at radius 3 is 0.774 bits per heavy atom. The smallest absolute Gasteiger partial charge is 0.419 e. The van der Waals surface area contributed by atoms with Gasteiger partial charge in [-0.2, -0.15) is 0 Å². The number of carbonyl (C=O) groups is 6. The summed E-state index contributed by atoms with van der Waals surface area (Å²) in [6.07, 6.45) is 0. The fourth-order valence-electron chi connectivity index (χ4n) is 6.43. The summed E-state index contributed by atoms with van der Waals surface area (Å²) in [6.45, 7) is 30.9. The number of para-hydroxylation sites is 12. The SMILES string of the molecule is C=C(C)C(=O)Oc1ccccc1OP1(Oc2ccccc2OC(=O)C(=C)C)=N[P+](Oc2ccccc2OC(=O)C(=C)C)(Oc2ccccc2OC(=O)C(=C)C)N[P+](Oc2ccccc2OC(=O)C(=C)C)(Oc2ccccc2OC(=O)C(=C)C)N1. The molecule has 1 heterocycles. The summed E-state index contributed by atoms with van der Waals surface area (Å²) < 4.78 is 82.8. The van der Waals surface area contributed by atoms with E-state index < -0.39 is 59.5 Å². The molecule has 0 saturated carbocycles. The van der Waals surface area contributed by atoms with Gasteiger partial charge in [0.1, 0.15) is 4.86 Å². The van der Waals surface area contributed by atoms with E-state index in [2.05, 4.69) is 49.2 Å². The van der Waals surface area contributed by atoms with Crippen molar-refractivity contribution >= 4 is 59.5 Å². The summed E-state index contributed by atoms with van der Waals surface area (Å²) in [4.78, 5) is 86.9. The molecule has 84 heavy (non-hydrogen) atoms. The van der Waals surface area contributed by atoms with Crippen molar-refractivity contribution < 1.29 is 84.3 Å². The average Bonchev–Trinajstić information content (AvgIpc) is 0.896. The van der Waals surface area contributed by atoms with Gasteiger partial charge in [-0.15, -0.1) is 0 Å². The van der Waals surface area contributed by atoms with E-state index in [1.54, 1.807) is 0 Å². The molecule has 0 fully saturated rings. The molecule has 0 amide bonds. The molecule has 1 aliphatic rings. The molecule has 24 heteroatoms. The zero-order valence-corrected chi connectivity index (χ0v) is 48.9. The highest BCUT2D eigenvalue weighted by atomic mass is 31.3. The Bertz CT molecular complexity index is 3520. The van der Waals surface area contributed by atoms with Gasteiger partial charge in [0.05, 0.1) is 4.52 Å². The van der Waals surface area contributed by atoms with Gasteiger partial charge < -0.3 is 37.5 Å². The Hall–Kier alpha value is -9.61. The lowest BCUT2D eigenvalue weighted by Gasteiger charge is -2.34. The van der Waals surface area contributed by atoms with Gasteiger partial charge in [-0.3, -0.25) is 18.1 Å². The highest BCUT2D eigenvalue weighted by molar-refractivity contribution is 7.89. The van der Waals surface area contributed by atoms with Crippen molar-refractivity contribution in [3.8, 4) is 69.0 Å². The molecule has 0 aromatic heterocycles. The lowest BCUT2D eigenvalue weighted by atomic mass is 10.3. The van der Waals surface area contributed by atoms with Gasteiger partial charge in [0.2, 0.25) is 23.0 Å². The first-order valence-corrected chi connectivity index (χ1v) is 29.7. The van der Waals surface area contributed by atoms with Crippen LogP contribution >= 0.6 is 23.7 Å². The normalized spacial score (nSPS) is 13.3. The van der Waals surface area contributed by atoms with Crippen molar-refractivity contribution in [3.05, 3.63) is 219 Å². The fraction of sp³-hybridized carbons (Fsp3) is 0.100. The lowest BCUT2D eigenvalue weighted by Crippen LogP contribution is -2.41. The van der Waals surface area contributed by atoms with E-state index in [0.717, 1.165) is 0 Å². The number of ether oxygens (including phenoxy) is 6. The van der Waals surface area contributed by atoms with Gasteiger partial charge in [-0.25, -0.2) is 28.8 Å². The van der Waals surface area contributed by atoms with Crippen LogP contribution in [0.4, 0.5) is 0 Å². The molecule has 0 spiro atoms. The minimum Gasteiger partial charge on any atom is -0.419 e. The van der Waals surface area contributed by atoms with Gasteiger partial charge in [-0.1, -0.05) is 112 Å². The summed E-state index contributed by atoms with van der Waals surface area (Å²) in [5.41, 5.74) is -0.0164. The summed E-state index contributed by atoms with van der Waals surface area (Å²) in [5.74, 6) is -8.23. The van der Waals surface area contributed by atoms with Crippen LogP contribution in [0, 0.1) is 0 Å². The summed E-state index contributed by atoms with van der Waals surface area (Å²) in [6, 6.07) is 35.1. The topological polar surface area (TPSA) is 250 Å². The Morgan fingerprint density at radius 2 is 0.536 bits per heavy atom. The van der Waals surface area contributed by atoms with Crippen LogP contribution in [0.25, 0.3) is 0 Å². The first kappa shape index (κ1) is 62.0. The van der Waals surface area contributed by atoms with Crippen LogP contribution in [-0.2, 0) is 28.8 Å². The van der Waals surface area contributed by atoms with Crippen LogP contribution in [0.2, 0.25) is 0 Å². The van der Waals surface area contributed by atoms with Gasteiger partial charge in [0, 0.05) is 38.3 Å². The Balaban J connectivity index is 1.68. The first-order valence-electron chi connectivity index (χ1n) is 24.9. The van der Waals surface area contributed by atoms with Crippen LogP contribution in [-0.4, -0.2) is 35.8 Å². The molecule has 432 valence electrons. The molecular weight excluding hydrogens is 1140 g/mol. The lowest BCUT2D eigenvalue weighted by molar-refractivity contribution is -0.131. The molecule has 6 aromatic rings. The van der Waals surface area contributed by atoms with Crippen LogP contribution < -0.4 is 65.3 Å². The molecular formula is C60H56N3O18P3+2. The van der Waals surface area contributed by atoms with Gasteiger partial charge >= 0.3 is 59.5 Å². The van der Waals surface area contributed by atoms with Crippen molar-refractivity contribution in [2.45, 2.75) is 41.5 Å². The molecule has 0 radical (unpaired) electrons. The molecule has 0 atom stereocenters. The minimum absolute atomic E-state index is 0.000856. The number of benzene rings is 6. The molecule has 0 bridgehead atoms. The van der Waals surface area contributed by atoms with Crippen molar-refractivity contribution in [2.24, 2.45) is 4.52 Å².